The first-order chi connectivity index (χ1) is 17.5. The molecule has 1 fully saturated rings. The van der Waals surface area contributed by atoms with Crippen LogP contribution in [0.15, 0.2) is 24.4 Å². The average Bonchev–Trinajstić information content (AvgIpc) is 3.71. The Hall–Kier alpha value is -3.40. The summed E-state index contributed by atoms with van der Waals surface area (Å²) in [6.45, 7) is 6.34. The van der Waals surface area contributed by atoms with Crippen molar-refractivity contribution in [2.45, 2.75) is 39.2 Å². The van der Waals surface area contributed by atoms with Gasteiger partial charge >= 0.3 is 0 Å². The monoisotopic (exact) mass is 509 g/mol. The summed E-state index contributed by atoms with van der Waals surface area (Å²) in [7, 11) is 9.29. The summed E-state index contributed by atoms with van der Waals surface area (Å²) in [6.07, 6.45) is 4.39. The lowest BCUT2D eigenvalue weighted by molar-refractivity contribution is -0.118. The Balaban J connectivity index is 1.57. The molecule has 2 aromatic rings. The molecule has 1 aromatic heterocycles. The van der Waals surface area contributed by atoms with Gasteiger partial charge in [0.2, 0.25) is 11.9 Å². The predicted octanol–water partition coefficient (Wildman–Crippen LogP) is 2.91. The summed E-state index contributed by atoms with van der Waals surface area (Å²) in [5, 5.41) is 3.05. The van der Waals surface area contributed by atoms with E-state index in [-0.39, 0.29) is 17.2 Å². The van der Waals surface area contributed by atoms with Crippen molar-refractivity contribution in [1.29, 1.82) is 0 Å². The highest BCUT2D eigenvalue weighted by Gasteiger charge is 2.36. The first kappa shape index (κ1) is 26.7. The molecule has 0 saturated heterocycles. The molecule has 200 valence electrons. The molecule has 1 aliphatic carbocycles. The van der Waals surface area contributed by atoms with Crippen molar-refractivity contribution >= 4 is 35.0 Å². The molecule has 2 heterocycles. The molecule has 2 amide bonds. The van der Waals surface area contributed by atoms with Crippen LogP contribution in [0.2, 0.25) is 0 Å². The molecule has 0 bridgehead atoms. The van der Waals surface area contributed by atoms with Gasteiger partial charge in [-0.05, 0) is 50.6 Å². The van der Waals surface area contributed by atoms with Crippen molar-refractivity contribution in [3.63, 3.8) is 0 Å². The second kappa shape index (κ2) is 10.5. The molecule has 0 spiro atoms. The van der Waals surface area contributed by atoms with Crippen molar-refractivity contribution in [3.8, 4) is 5.75 Å². The summed E-state index contributed by atoms with van der Waals surface area (Å²) < 4.78 is 5.66. The number of nitrogens with one attached hydrogen (secondary N) is 1. The van der Waals surface area contributed by atoms with Gasteiger partial charge in [0.05, 0.1) is 19.0 Å². The smallest absolute Gasteiger partial charge is 0.251 e. The van der Waals surface area contributed by atoms with E-state index in [1.165, 1.54) is 0 Å². The van der Waals surface area contributed by atoms with Crippen LogP contribution in [0.5, 0.6) is 5.75 Å². The third-order valence-corrected chi connectivity index (χ3v) is 6.87. The van der Waals surface area contributed by atoms with Crippen LogP contribution in [0.25, 0.3) is 0 Å². The number of amides is 2. The maximum Gasteiger partial charge on any atom is 0.251 e. The second-order valence-electron chi connectivity index (χ2n) is 11.0. The lowest BCUT2D eigenvalue weighted by atomic mass is 9.93. The molecular weight excluding hydrogens is 470 g/mol. The van der Waals surface area contributed by atoms with Crippen LogP contribution in [-0.4, -0.2) is 87.7 Å². The van der Waals surface area contributed by atoms with Gasteiger partial charge in [0.25, 0.3) is 5.91 Å². The minimum atomic E-state index is -0.145. The summed E-state index contributed by atoms with van der Waals surface area (Å²) >= 11 is 0. The van der Waals surface area contributed by atoms with Crippen LogP contribution in [0.4, 0.5) is 23.1 Å². The number of carbonyl (C=O) groups is 2. The number of rotatable bonds is 9. The minimum absolute atomic E-state index is 0.0564. The minimum Gasteiger partial charge on any atom is -0.495 e. The topological polar surface area (TPSA) is 94.1 Å². The van der Waals surface area contributed by atoms with Crippen LogP contribution in [0.3, 0.4) is 0 Å². The van der Waals surface area contributed by atoms with Crippen LogP contribution < -0.4 is 24.8 Å². The van der Waals surface area contributed by atoms with Gasteiger partial charge < -0.3 is 29.7 Å². The Morgan fingerprint density at radius 2 is 1.97 bits per heavy atom. The fourth-order valence-electron chi connectivity index (χ4n) is 4.87. The fourth-order valence-corrected chi connectivity index (χ4v) is 4.87. The van der Waals surface area contributed by atoms with Crippen molar-refractivity contribution in [3.05, 3.63) is 30.0 Å². The lowest BCUT2D eigenvalue weighted by Crippen LogP contribution is -2.40. The molecule has 1 aliphatic heterocycles. The molecule has 37 heavy (non-hydrogen) atoms. The first-order valence-corrected chi connectivity index (χ1v) is 12.8. The van der Waals surface area contributed by atoms with Gasteiger partial charge in [-0.25, -0.2) is 4.98 Å². The molecular formula is C27H39N7O3. The number of nitrogens with zero attached hydrogens (tertiary/aromatic N) is 6. The van der Waals surface area contributed by atoms with Crippen LogP contribution >= 0.6 is 0 Å². The SMILES string of the molecule is COc1cc(C(=O)NCC(C)(C)CN(C)C)ccc1N(C)c1ncc2c(n1)N(C1CC1)CCC(=O)N2C. The summed E-state index contributed by atoms with van der Waals surface area (Å²) in [4.78, 5) is 42.7. The molecule has 1 aromatic carbocycles. The summed E-state index contributed by atoms with van der Waals surface area (Å²) in [6, 6.07) is 5.80. The van der Waals surface area contributed by atoms with Crippen LogP contribution in [0.1, 0.15) is 43.5 Å². The maximum absolute atomic E-state index is 12.9. The van der Waals surface area contributed by atoms with E-state index >= 15 is 0 Å². The zero-order valence-electron chi connectivity index (χ0n) is 23.0. The molecule has 0 atom stereocenters. The van der Waals surface area contributed by atoms with Gasteiger partial charge in [0.15, 0.2) is 5.82 Å². The Bertz CT molecular complexity index is 1160. The van der Waals surface area contributed by atoms with Gasteiger partial charge in [-0.1, -0.05) is 13.8 Å². The zero-order valence-corrected chi connectivity index (χ0v) is 23.0. The van der Waals surface area contributed by atoms with Crippen molar-refractivity contribution in [1.82, 2.24) is 20.2 Å². The second-order valence-corrected chi connectivity index (χ2v) is 11.0. The highest BCUT2D eigenvalue weighted by molar-refractivity contribution is 5.97. The lowest BCUT2D eigenvalue weighted by Gasteiger charge is -2.28. The maximum atomic E-state index is 12.9. The Kier molecular flexibility index (Phi) is 7.59. The Labute approximate surface area is 219 Å². The highest BCUT2D eigenvalue weighted by atomic mass is 16.5. The summed E-state index contributed by atoms with van der Waals surface area (Å²) in [5.74, 6) is 1.74. The third kappa shape index (κ3) is 5.95. The van der Waals surface area contributed by atoms with Crippen LogP contribution in [-0.2, 0) is 4.79 Å². The van der Waals surface area contributed by atoms with E-state index in [1.54, 1.807) is 37.4 Å². The average molecular weight is 510 g/mol. The molecule has 10 nitrogen and oxygen atoms in total. The largest absolute Gasteiger partial charge is 0.495 e. The number of hydrogen-bond donors (Lipinski definition) is 1. The van der Waals surface area contributed by atoms with Crippen LogP contribution in [0, 0.1) is 5.41 Å². The number of aromatic nitrogens is 2. The zero-order chi connectivity index (χ0) is 26.9. The van der Waals surface area contributed by atoms with E-state index < -0.39 is 0 Å². The molecule has 10 heteroatoms. The van der Waals surface area contributed by atoms with Crippen molar-refractivity contribution in [2.24, 2.45) is 5.41 Å². The predicted molar refractivity (Wildman–Crippen MR) is 146 cm³/mol. The van der Waals surface area contributed by atoms with E-state index in [4.69, 9.17) is 9.72 Å². The summed E-state index contributed by atoms with van der Waals surface area (Å²) in [5.41, 5.74) is 1.93. The van der Waals surface area contributed by atoms with E-state index in [1.807, 2.05) is 32.1 Å². The van der Waals surface area contributed by atoms with E-state index in [2.05, 4.69) is 33.9 Å². The molecule has 2 aliphatic rings. The normalized spacial score (nSPS) is 15.9. The number of benzene rings is 1. The number of fused-ring (bicyclic) bond motifs is 1. The highest BCUT2D eigenvalue weighted by Crippen LogP contribution is 2.40. The molecule has 1 N–H and O–H groups in total. The van der Waals surface area contributed by atoms with Gasteiger partial charge in [0, 0.05) is 51.8 Å². The first-order valence-electron chi connectivity index (χ1n) is 12.8. The van der Waals surface area contributed by atoms with Gasteiger partial charge in [0.1, 0.15) is 11.4 Å². The van der Waals surface area contributed by atoms with Crippen molar-refractivity contribution < 1.29 is 14.3 Å². The number of carbonyl (C=O) groups excluding carboxylic acids is 2. The molecule has 4 rings (SSSR count). The van der Waals surface area contributed by atoms with Gasteiger partial charge in [-0.15, -0.1) is 0 Å². The van der Waals surface area contributed by atoms with Gasteiger partial charge in [-0.3, -0.25) is 9.59 Å². The number of anilines is 4. The molecule has 0 radical (unpaired) electrons. The number of hydrogen-bond acceptors (Lipinski definition) is 8. The van der Waals surface area contributed by atoms with E-state index in [9.17, 15) is 9.59 Å². The third-order valence-electron chi connectivity index (χ3n) is 6.87. The van der Waals surface area contributed by atoms with Crippen molar-refractivity contribution in [2.75, 3.05) is 69.6 Å². The molecule has 1 saturated carbocycles. The number of ether oxygens (including phenoxy) is 1. The quantitative estimate of drug-likeness (QED) is 0.552. The Morgan fingerprint density at radius 3 is 2.62 bits per heavy atom. The Morgan fingerprint density at radius 1 is 1.24 bits per heavy atom. The fraction of sp³-hybridized carbons (Fsp3) is 0.556. The van der Waals surface area contributed by atoms with E-state index in [0.717, 1.165) is 36.6 Å². The van der Waals surface area contributed by atoms with E-state index in [0.29, 0.717) is 42.8 Å². The van der Waals surface area contributed by atoms with Gasteiger partial charge in [-0.2, -0.15) is 4.98 Å². The standard InChI is InChI=1S/C27H39N7O3/c1-27(2,17-31(3)4)16-29-25(36)18-8-11-20(22(14-18)37-7)33(6)26-28-15-21-24(30-26)34(19-9-10-19)13-12-23(35)32(21)5/h8,11,14-15,19H,9-10,12-13,16-17H2,1-7H3,(H,29,36). The molecule has 0 unspecified atom stereocenters. The number of methoxy groups -OCH3 is 1.